The molecule has 1 atom stereocenters. The van der Waals surface area contributed by atoms with Gasteiger partial charge in [0.2, 0.25) is 0 Å². The second-order valence-corrected chi connectivity index (χ2v) is 7.34. The Bertz CT molecular complexity index is 888. The van der Waals surface area contributed by atoms with Gasteiger partial charge in [-0.1, -0.05) is 31.2 Å². The van der Waals surface area contributed by atoms with E-state index in [2.05, 4.69) is 5.38 Å². The number of aliphatic hydroxyl groups is 3. The molecule has 3 rings (SSSR count). The van der Waals surface area contributed by atoms with Gasteiger partial charge in [0, 0.05) is 4.88 Å². The molecule has 5 heteroatoms. The molecule has 142 valence electrons. The van der Waals surface area contributed by atoms with Crippen molar-refractivity contribution >= 4 is 11.3 Å². The molecule has 0 amide bonds. The normalized spacial score (nSPS) is 12.1. The van der Waals surface area contributed by atoms with Crippen molar-refractivity contribution in [3.05, 3.63) is 75.5 Å². The van der Waals surface area contributed by atoms with Crippen LogP contribution in [0.1, 0.15) is 41.0 Å². The Balaban J connectivity index is 1.72. The monoisotopic (exact) mass is 384 g/mol. The number of benzene rings is 2. The zero-order valence-electron chi connectivity index (χ0n) is 15.3. The molecule has 27 heavy (non-hydrogen) atoms. The zero-order valence-corrected chi connectivity index (χ0v) is 16.1. The van der Waals surface area contributed by atoms with Crippen molar-refractivity contribution in [2.24, 2.45) is 0 Å². The van der Waals surface area contributed by atoms with Crippen LogP contribution in [0.5, 0.6) is 5.75 Å². The number of hydrogen-bond donors (Lipinski definition) is 3. The molecule has 0 bridgehead atoms. The molecule has 1 unspecified atom stereocenters. The van der Waals surface area contributed by atoms with E-state index in [4.69, 9.17) is 4.74 Å². The van der Waals surface area contributed by atoms with Crippen LogP contribution in [0.25, 0.3) is 11.1 Å². The van der Waals surface area contributed by atoms with Gasteiger partial charge in [-0.3, -0.25) is 0 Å². The first-order valence-electron chi connectivity index (χ1n) is 8.96. The topological polar surface area (TPSA) is 69.9 Å². The van der Waals surface area contributed by atoms with Gasteiger partial charge < -0.3 is 20.1 Å². The molecule has 0 fully saturated rings. The van der Waals surface area contributed by atoms with E-state index in [-0.39, 0.29) is 13.2 Å². The smallest absolute Gasteiger partial charge is 0.120 e. The molecule has 0 aliphatic carbocycles. The minimum Gasteiger partial charge on any atom is -0.489 e. The summed E-state index contributed by atoms with van der Waals surface area (Å²) < 4.78 is 5.91. The molecule has 0 radical (unpaired) electrons. The first-order valence-corrected chi connectivity index (χ1v) is 9.84. The van der Waals surface area contributed by atoms with Gasteiger partial charge in [-0.2, -0.15) is 0 Å². The summed E-state index contributed by atoms with van der Waals surface area (Å²) in [4.78, 5) is 0.972. The lowest BCUT2D eigenvalue weighted by Gasteiger charge is -2.11. The molecule has 0 aliphatic heterocycles. The molecule has 3 aromatic rings. The fourth-order valence-corrected chi connectivity index (χ4v) is 3.87. The Labute approximate surface area is 163 Å². The minimum absolute atomic E-state index is 0.0889. The second kappa shape index (κ2) is 9.15. The largest absolute Gasteiger partial charge is 0.489 e. The van der Waals surface area contributed by atoms with Gasteiger partial charge >= 0.3 is 0 Å². The SMILES string of the molecule is CCC(O)c1cc(-c2cccc(OCc3ccc(CO)c(CO)c3)c2)cs1. The maximum Gasteiger partial charge on any atom is 0.120 e. The first kappa shape index (κ1) is 19.6. The Hall–Kier alpha value is -2.18. The van der Waals surface area contributed by atoms with Crippen molar-refractivity contribution in [3.8, 4) is 16.9 Å². The number of thiophene rings is 1. The fraction of sp³-hybridized carbons (Fsp3) is 0.273. The summed E-state index contributed by atoms with van der Waals surface area (Å²) in [6.45, 7) is 2.15. The van der Waals surface area contributed by atoms with E-state index in [0.717, 1.165) is 32.9 Å². The van der Waals surface area contributed by atoms with Crippen LogP contribution in [-0.4, -0.2) is 15.3 Å². The van der Waals surface area contributed by atoms with E-state index in [1.165, 1.54) is 0 Å². The standard InChI is InChI=1S/C22H24O4S/c1-2-21(25)22-10-19(14-27-22)16-4-3-5-20(9-16)26-13-15-6-7-17(11-23)18(8-15)12-24/h3-10,14,21,23-25H,2,11-13H2,1H3. The van der Waals surface area contributed by atoms with Crippen molar-refractivity contribution in [2.75, 3.05) is 0 Å². The highest BCUT2D eigenvalue weighted by Crippen LogP contribution is 2.32. The number of hydrogen-bond acceptors (Lipinski definition) is 5. The lowest BCUT2D eigenvalue weighted by Crippen LogP contribution is -2.00. The van der Waals surface area contributed by atoms with E-state index in [9.17, 15) is 15.3 Å². The molecule has 0 saturated heterocycles. The van der Waals surface area contributed by atoms with Crippen LogP contribution in [0.4, 0.5) is 0 Å². The van der Waals surface area contributed by atoms with Gasteiger partial charge in [0.15, 0.2) is 0 Å². The number of aliphatic hydroxyl groups excluding tert-OH is 3. The molecule has 1 heterocycles. The lowest BCUT2D eigenvalue weighted by atomic mass is 10.1. The number of rotatable bonds is 8. The van der Waals surface area contributed by atoms with Gasteiger partial charge in [0.05, 0.1) is 19.3 Å². The third-order valence-corrected chi connectivity index (χ3v) is 5.55. The van der Waals surface area contributed by atoms with Crippen LogP contribution in [0, 0.1) is 0 Å². The van der Waals surface area contributed by atoms with Crippen LogP contribution in [0.15, 0.2) is 53.9 Å². The fourth-order valence-electron chi connectivity index (χ4n) is 2.88. The van der Waals surface area contributed by atoms with Crippen molar-refractivity contribution in [2.45, 2.75) is 39.3 Å². The van der Waals surface area contributed by atoms with Crippen LogP contribution in [0.3, 0.4) is 0 Å². The minimum atomic E-state index is -0.411. The Morgan fingerprint density at radius 1 is 0.963 bits per heavy atom. The summed E-state index contributed by atoms with van der Waals surface area (Å²) in [5, 5.41) is 30.7. The molecule has 1 aromatic heterocycles. The van der Waals surface area contributed by atoms with Crippen molar-refractivity contribution in [3.63, 3.8) is 0 Å². The Morgan fingerprint density at radius 3 is 2.52 bits per heavy atom. The summed E-state index contributed by atoms with van der Waals surface area (Å²) >= 11 is 1.57. The summed E-state index contributed by atoms with van der Waals surface area (Å²) in [5.41, 5.74) is 4.50. The Morgan fingerprint density at radius 2 is 1.78 bits per heavy atom. The highest BCUT2D eigenvalue weighted by Gasteiger charge is 2.10. The van der Waals surface area contributed by atoms with Crippen molar-refractivity contribution < 1.29 is 20.1 Å². The van der Waals surface area contributed by atoms with Gasteiger partial charge in [-0.15, -0.1) is 11.3 Å². The highest BCUT2D eigenvalue weighted by molar-refractivity contribution is 7.10. The molecule has 0 aliphatic rings. The van der Waals surface area contributed by atoms with E-state index in [0.29, 0.717) is 18.6 Å². The van der Waals surface area contributed by atoms with E-state index >= 15 is 0 Å². The quantitative estimate of drug-likeness (QED) is 0.538. The van der Waals surface area contributed by atoms with E-state index in [1.54, 1.807) is 11.3 Å². The molecule has 0 spiro atoms. The summed E-state index contributed by atoms with van der Waals surface area (Å²) in [6.07, 6.45) is 0.291. The molecule has 0 saturated carbocycles. The van der Waals surface area contributed by atoms with Crippen molar-refractivity contribution in [1.82, 2.24) is 0 Å². The first-order chi connectivity index (χ1) is 13.1. The van der Waals surface area contributed by atoms with Crippen LogP contribution in [-0.2, 0) is 19.8 Å². The summed E-state index contributed by atoms with van der Waals surface area (Å²) in [5.74, 6) is 0.757. The zero-order chi connectivity index (χ0) is 19.2. The number of ether oxygens (including phenoxy) is 1. The van der Waals surface area contributed by atoms with Gasteiger partial charge in [-0.25, -0.2) is 0 Å². The molecular weight excluding hydrogens is 360 g/mol. The predicted octanol–water partition coefficient (Wildman–Crippen LogP) is 4.42. The predicted molar refractivity (Wildman–Crippen MR) is 108 cm³/mol. The van der Waals surface area contributed by atoms with Crippen LogP contribution < -0.4 is 4.74 Å². The van der Waals surface area contributed by atoms with E-state index < -0.39 is 6.10 Å². The molecule has 3 N–H and O–H groups in total. The Kier molecular flexibility index (Phi) is 6.63. The molecule has 4 nitrogen and oxygen atoms in total. The van der Waals surface area contributed by atoms with Gasteiger partial charge in [0.1, 0.15) is 12.4 Å². The maximum absolute atomic E-state index is 9.99. The molecular formula is C22H24O4S. The molecule has 2 aromatic carbocycles. The average molecular weight is 384 g/mol. The maximum atomic E-state index is 9.99. The third kappa shape index (κ3) is 4.76. The van der Waals surface area contributed by atoms with E-state index in [1.807, 2.05) is 55.5 Å². The third-order valence-electron chi connectivity index (χ3n) is 4.52. The van der Waals surface area contributed by atoms with Gasteiger partial charge in [-0.05, 0) is 63.9 Å². The summed E-state index contributed by atoms with van der Waals surface area (Å²) in [7, 11) is 0. The second-order valence-electron chi connectivity index (χ2n) is 6.40. The van der Waals surface area contributed by atoms with Crippen LogP contribution in [0.2, 0.25) is 0 Å². The van der Waals surface area contributed by atoms with Crippen LogP contribution >= 0.6 is 11.3 Å². The summed E-state index contributed by atoms with van der Waals surface area (Å²) in [6, 6.07) is 15.5. The highest BCUT2D eigenvalue weighted by atomic mass is 32.1. The van der Waals surface area contributed by atoms with Crippen molar-refractivity contribution in [1.29, 1.82) is 0 Å². The van der Waals surface area contributed by atoms with Gasteiger partial charge in [0.25, 0.3) is 0 Å². The lowest BCUT2D eigenvalue weighted by molar-refractivity contribution is 0.177. The average Bonchev–Trinajstić information content (AvgIpc) is 3.22.